The van der Waals surface area contributed by atoms with Gasteiger partial charge in [-0.2, -0.15) is 9.07 Å². The average Bonchev–Trinajstić information content (AvgIpc) is 3.21. The number of pyridine rings is 2. The SMILES string of the molecule is Nc1ccc(-c2cnc(C3C4CC4c4cc(-c5c(-n6cnnn6)ccc(Cl)c5F)cc(=O)n43)[nH]2)c(F)n1. The van der Waals surface area contributed by atoms with Crippen LogP contribution in [0.2, 0.25) is 5.02 Å². The van der Waals surface area contributed by atoms with E-state index in [1.807, 2.05) is 6.07 Å². The van der Waals surface area contributed by atoms with E-state index >= 15 is 4.39 Å². The van der Waals surface area contributed by atoms with Crippen LogP contribution in [0.15, 0.2) is 53.7 Å². The Balaban J connectivity index is 1.33. The van der Waals surface area contributed by atoms with E-state index in [4.69, 9.17) is 17.3 Å². The van der Waals surface area contributed by atoms with Gasteiger partial charge in [-0.1, -0.05) is 11.6 Å². The van der Waals surface area contributed by atoms with Crippen LogP contribution in [0.5, 0.6) is 0 Å². The number of nitrogens with two attached hydrogens (primary N) is 1. The molecule has 7 rings (SSSR count). The molecule has 3 N–H and O–H groups in total. The third-order valence-corrected chi connectivity index (χ3v) is 7.29. The molecule has 2 aliphatic rings. The van der Waals surface area contributed by atoms with Crippen LogP contribution >= 0.6 is 11.6 Å². The number of benzene rings is 1. The smallest absolute Gasteiger partial charge is 0.252 e. The first-order valence-electron chi connectivity index (χ1n) is 11.4. The van der Waals surface area contributed by atoms with Gasteiger partial charge in [0.1, 0.15) is 18.0 Å². The molecule has 0 saturated heterocycles. The van der Waals surface area contributed by atoms with Crippen LogP contribution < -0.4 is 11.3 Å². The molecule has 0 spiro atoms. The Hall–Kier alpha value is -4.45. The van der Waals surface area contributed by atoms with Crippen molar-refractivity contribution >= 4 is 17.4 Å². The Morgan fingerprint density at radius 2 is 2.03 bits per heavy atom. The van der Waals surface area contributed by atoms with E-state index in [0.717, 1.165) is 12.1 Å². The molecule has 13 heteroatoms. The summed E-state index contributed by atoms with van der Waals surface area (Å²) in [6.45, 7) is 0. The lowest BCUT2D eigenvalue weighted by atomic mass is 10.0. The number of hydrogen-bond donors (Lipinski definition) is 2. The quantitative estimate of drug-likeness (QED) is 0.347. The molecule has 1 aliphatic heterocycles. The fourth-order valence-corrected chi connectivity index (χ4v) is 5.46. The lowest BCUT2D eigenvalue weighted by Crippen LogP contribution is -2.26. The van der Waals surface area contributed by atoms with Crippen molar-refractivity contribution < 1.29 is 8.78 Å². The molecule has 10 nitrogen and oxygen atoms in total. The van der Waals surface area contributed by atoms with Gasteiger partial charge in [-0.3, -0.25) is 4.79 Å². The van der Waals surface area contributed by atoms with Crippen LogP contribution in [-0.4, -0.2) is 39.7 Å². The number of nitrogen functional groups attached to an aromatic ring is 1. The van der Waals surface area contributed by atoms with Crippen LogP contribution in [0, 0.1) is 17.7 Å². The van der Waals surface area contributed by atoms with Crippen LogP contribution in [0.1, 0.15) is 29.9 Å². The van der Waals surface area contributed by atoms with E-state index < -0.39 is 11.8 Å². The number of imidazole rings is 1. The van der Waals surface area contributed by atoms with Gasteiger partial charge >= 0.3 is 0 Å². The highest BCUT2D eigenvalue weighted by atomic mass is 35.5. The van der Waals surface area contributed by atoms with Crippen molar-refractivity contribution in [1.82, 2.24) is 39.7 Å². The third kappa shape index (κ3) is 3.29. The van der Waals surface area contributed by atoms with Crippen molar-refractivity contribution in [2.45, 2.75) is 18.4 Å². The van der Waals surface area contributed by atoms with E-state index in [0.29, 0.717) is 22.8 Å². The third-order valence-electron chi connectivity index (χ3n) is 6.99. The van der Waals surface area contributed by atoms with Crippen molar-refractivity contribution in [2.75, 3.05) is 5.73 Å². The van der Waals surface area contributed by atoms with Gasteiger partial charge in [0.05, 0.1) is 34.2 Å². The van der Waals surface area contributed by atoms with Gasteiger partial charge in [0.15, 0.2) is 5.82 Å². The number of H-pyrrole nitrogens is 1. The second-order valence-corrected chi connectivity index (χ2v) is 9.50. The number of nitrogens with zero attached hydrogens (tertiary/aromatic N) is 7. The van der Waals surface area contributed by atoms with E-state index in [1.54, 1.807) is 10.6 Å². The zero-order valence-electron chi connectivity index (χ0n) is 18.8. The molecule has 1 saturated carbocycles. The number of aromatic nitrogens is 8. The van der Waals surface area contributed by atoms with Crippen LogP contribution in [0.3, 0.4) is 0 Å². The van der Waals surface area contributed by atoms with Crippen LogP contribution in [0.4, 0.5) is 14.6 Å². The molecule has 184 valence electrons. The fraction of sp³-hybridized carbons (Fsp3) is 0.167. The molecule has 0 bridgehead atoms. The Kier molecular flexibility index (Phi) is 4.58. The highest BCUT2D eigenvalue weighted by Gasteiger charge is 2.54. The normalized spacial score (nSPS) is 19.6. The molecule has 3 unspecified atom stereocenters. The summed E-state index contributed by atoms with van der Waals surface area (Å²) in [6.07, 6.45) is 3.70. The van der Waals surface area contributed by atoms with E-state index in [-0.39, 0.29) is 45.4 Å². The predicted octanol–water partition coefficient (Wildman–Crippen LogP) is 3.50. The van der Waals surface area contributed by atoms with E-state index in [9.17, 15) is 9.18 Å². The maximum atomic E-state index is 15.3. The summed E-state index contributed by atoms with van der Waals surface area (Å²) in [5.74, 6) is -0.519. The van der Waals surface area contributed by atoms with Crippen molar-refractivity contribution in [3.63, 3.8) is 0 Å². The molecule has 1 aromatic carbocycles. The Bertz CT molecular complexity index is 1760. The Morgan fingerprint density at radius 3 is 2.81 bits per heavy atom. The van der Waals surface area contributed by atoms with Crippen molar-refractivity contribution in [3.8, 4) is 28.1 Å². The minimum Gasteiger partial charge on any atom is -0.384 e. The maximum Gasteiger partial charge on any atom is 0.252 e. The van der Waals surface area contributed by atoms with Gasteiger partial charge in [-0.05, 0) is 58.7 Å². The second-order valence-electron chi connectivity index (χ2n) is 9.09. The topological polar surface area (TPSA) is 133 Å². The number of hydrogen-bond acceptors (Lipinski definition) is 7. The van der Waals surface area contributed by atoms with Gasteiger partial charge < -0.3 is 15.3 Å². The van der Waals surface area contributed by atoms with Crippen LogP contribution in [0.25, 0.3) is 28.1 Å². The summed E-state index contributed by atoms with van der Waals surface area (Å²) in [6, 6.07) is 8.87. The summed E-state index contributed by atoms with van der Waals surface area (Å²) < 4.78 is 32.7. The number of fused-ring (bicyclic) bond motifs is 3. The monoisotopic (exact) mass is 519 g/mol. The van der Waals surface area contributed by atoms with E-state index in [1.165, 1.54) is 41.5 Å². The predicted molar refractivity (Wildman–Crippen MR) is 129 cm³/mol. The lowest BCUT2D eigenvalue weighted by Gasteiger charge is -2.18. The molecular weight excluding hydrogens is 504 g/mol. The number of halogens is 3. The first-order valence-corrected chi connectivity index (χ1v) is 11.7. The maximum absolute atomic E-state index is 15.3. The number of nitrogens with one attached hydrogen (secondary N) is 1. The largest absolute Gasteiger partial charge is 0.384 e. The number of aromatic amines is 1. The lowest BCUT2D eigenvalue weighted by molar-refractivity contribution is 0.514. The molecule has 0 radical (unpaired) electrons. The van der Waals surface area contributed by atoms with Crippen molar-refractivity contribution in [1.29, 1.82) is 0 Å². The Morgan fingerprint density at radius 1 is 1.16 bits per heavy atom. The first-order chi connectivity index (χ1) is 17.9. The molecule has 5 aromatic rings. The highest BCUT2D eigenvalue weighted by Crippen LogP contribution is 2.60. The van der Waals surface area contributed by atoms with E-state index in [2.05, 4.69) is 30.5 Å². The highest BCUT2D eigenvalue weighted by molar-refractivity contribution is 6.31. The summed E-state index contributed by atoms with van der Waals surface area (Å²) in [5.41, 5.74) is 7.54. The summed E-state index contributed by atoms with van der Waals surface area (Å²) in [5, 5.41) is 11.0. The molecule has 1 fully saturated rings. The zero-order chi connectivity index (χ0) is 25.4. The molecular formula is C24H16ClF2N9O. The Labute approximate surface area is 211 Å². The summed E-state index contributed by atoms with van der Waals surface area (Å²) >= 11 is 6.10. The van der Waals surface area contributed by atoms with Crippen molar-refractivity contribution in [3.05, 3.63) is 87.6 Å². The van der Waals surface area contributed by atoms with Crippen molar-refractivity contribution in [2.24, 2.45) is 5.92 Å². The molecule has 37 heavy (non-hydrogen) atoms. The van der Waals surface area contributed by atoms with Gasteiger partial charge in [0.25, 0.3) is 5.56 Å². The van der Waals surface area contributed by atoms with Gasteiger partial charge in [-0.25, -0.2) is 14.4 Å². The van der Waals surface area contributed by atoms with Gasteiger partial charge in [0, 0.05) is 23.2 Å². The minimum absolute atomic E-state index is 0.0771. The minimum atomic E-state index is -0.713. The fourth-order valence-electron chi connectivity index (χ4n) is 5.30. The standard InChI is InChI=1S/C24H16ClF2N9O/c25-14-2-3-16(35-9-30-33-34-35)20(21(14)26)10-5-17-12-7-13(12)22(36(17)19(37)6-10)24-29-8-15(31-24)11-1-4-18(28)32-23(11)27/h1-6,8-9,12-13,22H,7H2,(H2,28,32)(H,29,31). The number of anilines is 1. The van der Waals surface area contributed by atoms with Gasteiger partial charge in [0.2, 0.25) is 5.95 Å². The molecule has 3 atom stereocenters. The second kappa shape index (κ2) is 7.77. The molecule has 1 aliphatic carbocycles. The molecule has 0 amide bonds. The average molecular weight is 520 g/mol. The van der Waals surface area contributed by atoms with Gasteiger partial charge in [-0.15, -0.1) is 5.10 Å². The number of rotatable bonds is 4. The summed E-state index contributed by atoms with van der Waals surface area (Å²) in [4.78, 5) is 24.7. The zero-order valence-corrected chi connectivity index (χ0v) is 19.6. The molecule has 4 aromatic heterocycles. The van der Waals surface area contributed by atoms with Crippen LogP contribution in [-0.2, 0) is 0 Å². The summed E-state index contributed by atoms with van der Waals surface area (Å²) in [7, 11) is 0. The molecule has 5 heterocycles. The first kappa shape index (κ1) is 21.8. The number of tetrazole rings is 1.